The van der Waals surface area contributed by atoms with E-state index >= 15 is 0 Å². The van der Waals surface area contributed by atoms with Crippen molar-refractivity contribution in [2.24, 2.45) is 0 Å². The molecule has 0 rings (SSSR count). The zero-order chi connectivity index (χ0) is 61.2. The second-order valence-electron chi connectivity index (χ2n) is 23.2. The van der Waals surface area contributed by atoms with Gasteiger partial charge >= 0.3 is 39.5 Å². The van der Waals surface area contributed by atoms with Crippen molar-refractivity contribution in [2.45, 2.75) is 348 Å². The van der Waals surface area contributed by atoms with Crippen LogP contribution >= 0.6 is 15.6 Å². The molecule has 0 aliphatic rings. The SMILES string of the molecule is CCCCCCCCCCCCCCCCCCCCCCCCC(=O)O[C@H](COC(=O)CCCCCCCCCC)COP(=O)(O)OC[C@@H](O)COP(=O)(O)OC[C@@H](COC(=O)CCCCCCC)OC(=O)CCCCCCCCCC. The largest absolute Gasteiger partial charge is 0.472 e. The number of phosphoric ester groups is 2. The highest BCUT2D eigenvalue weighted by Gasteiger charge is 2.30. The van der Waals surface area contributed by atoms with Gasteiger partial charge in [0.25, 0.3) is 0 Å². The monoisotopic (exact) mass is 1230 g/mol. The second kappa shape index (κ2) is 59.0. The molecule has 0 aromatic heterocycles. The summed E-state index contributed by atoms with van der Waals surface area (Å²) in [6.45, 7) is 4.74. The molecule has 0 aliphatic carbocycles. The van der Waals surface area contributed by atoms with Crippen LogP contribution in [-0.2, 0) is 65.4 Å². The molecule has 0 radical (unpaired) electrons. The van der Waals surface area contributed by atoms with Gasteiger partial charge < -0.3 is 33.8 Å². The summed E-state index contributed by atoms with van der Waals surface area (Å²) in [6, 6.07) is 0. The Morgan fingerprint density at radius 3 is 0.711 bits per heavy atom. The molecular formula is C64H124O17P2. The summed E-state index contributed by atoms with van der Waals surface area (Å²) in [5, 5.41) is 10.5. The standard InChI is InChI=1S/C64H124O17P2/c1-5-9-13-17-20-23-24-25-26-27-28-29-30-31-32-33-34-35-36-39-43-47-51-64(69)81-60(55-75-62(67)49-45-41-37-21-18-14-10-6-2)57-79-83(72,73)77-53-58(65)52-76-82(70,71)78-56-59(54-74-61(66)48-44-40-16-12-8-4)80-63(68)50-46-42-38-22-19-15-11-7-3/h58-60,65H,5-57H2,1-4H3,(H,70,71)(H,72,73)/t58-,59+,60+/m0/s1. The fourth-order valence-corrected chi connectivity index (χ4v) is 11.2. The summed E-state index contributed by atoms with van der Waals surface area (Å²) >= 11 is 0. The van der Waals surface area contributed by atoms with Crippen LogP contribution in [0.5, 0.6) is 0 Å². The van der Waals surface area contributed by atoms with Crippen LogP contribution in [0.15, 0.2) is 0 Å². The molecule has 2 unspecified atom stereocenters. The van der Waals surface area contributed by atoms with E-state index < -0.39 is 97.5 Å². The Morgan fingerprint density at radius 2 is 0.482 bits per heavy atom. The molecule has 5 atom stereocenters. The van der Waals surface area contributed by atoms with E-state index in [2.05, 4.69) is 27.7 Å². The predicted octanol–water partition coefficient (Wildman–Crippen LogP) is 17.9. The third-order valence-electron chi connectivity index (χ3n) is 14.9. The van der Waals surface area contributed by atoms with Gasteiger partial charge in [0.2, 0.25) is 0 Å². The van der Waals surface area contributed by atoms with E-state index in [0.717, 1.165) is 109 Å². The zero-order valence-electron chi connectivity index (χ0n) is 53.2. The normalized spacial score (nSPS) is 14.2. The first-order chi connectivity index (χ1) is 40.2. The molecule has 492 valence electrons. The van der Waals surface area contributed by atoms with Crippen LogP contribution in [0.25, 0.3) is 0 Å². The highest BCUT2D eigenvalue weighted by Crippen LogP contribution is 2.45. The summed E-state index contributed by atoms with van der Waals surface area (Å²) in [7, 11) is -9.87. The topological polar surface area (TPSA) is 237 Å². The average Bonchev–Trinajstić information content (AvgIpc) is 3.47. The van der Waals surface area contributed by atoms with Gasteiger partial charge in [0.15, 0.2) is 12.2 Å². The summed E-state index contributed by atoms with van der Waals surface area (Å²) in [4.78, 5) is 71.7. The van der Waals surface area contributed by atoms with Crippen molar-refractivity contribution in [2.75, 3.05) is 39.6 Å². The molecule has 3 N–H and O–H groups in total. The van der Waals surface area contributed by atoms with Crippen LogP contribution in [-0.4, -0.2) is 96.7 Å². The van der Waals surface area contributed by atoms with Crippen LogP contribution in [0.2, 0.25) is 0 Å². The molecule has 0 fully saturated rings. The molecule has 0 spiro atoms. The maximum Gasteiger partial charge on any atom is 0.472 e. The van der Waals surface area contributed by atoms with E-state index in [1.165, 1.54) is 141 Å². The first-order valence-electron chi connectivity index (χ1n) is 33.8. The quantitative estimate of drug-likeness (QED) is 0.0222. The fourth-order valence-electron chi connectivity index (χ4n) is 9.63. The number of hydrogen-bond donors (Lipinski definition) is 3. The lowest BCUT2D eigenvalue weighted by atomic mass is 10.0. The molecule has 0 aromatic carbocycles. The van der Waals surface area contributed by atoms with Gasteiger partial charge in [0.1, 0.15) is 19.3 Å². The lowest BCUT2D eigenvalue weighted by molar-refractivity contribution is -0.161. The minimum atomic E-state index is -4.94. The average molecular weight is 1230 g/mol. The molecule has 0 aliphatic heterocycles. The number of rotatable bonds is 65. The Balaban J connectivity index is 4.99. The van der Waals surface area contributed by atoms with Crippen molar-refractivity contribution in [3.8, 4) is 0 Å². The third kappa shape index (κ3) is 58.8. The number of unbranched alkanes of at least 4 members (excludes halogenated alkanes) is 39. The predicted molar refractivity (Wildman–Crippen MR) is 331 cm³/mol. The van der Waals surface area contributed by atoms with E-state index in [9.17, 15) is 43.2 Å². The Kier molecular flexibility index (Phi) is 57.7. The molecule has 0 saturated heterocycles. The van der Waals surface area contributed by atoms with Crippen molar-refractivity contribution in [1.29, 1.82) is 0 Å². The van der Waals surface area contributed by atoms with E-state index in [1.54, 1.807) is 0 Å². The van der Waals surface area contributed by atoms with Crippen LogP contribution in [0.3, 0.4) is 0 Å². The number of carbonyl (C=O) groups is 4. The van der Waals surface area contributed by atoms with Crippen LogP contribution in [0, 0.1) is 0 Å². The van der Waals surface area contributed by atoms with E-state index in [0.29, 0.717) is 25.7 Å². The number of carbonyl (C=O) groups excluding carboxylic acids is 4. The molecule has 0 aromatic rings. The number of ether oxygens (including phenoxy) is 4. The molecule has 0 bridgehead atoms. The van der Waals surface area contributed by atoms with Crippen molar-refractivity contribution >= 4 is 39.5 Å². The Labute approximate surface area is 505 Å². The Hall–Kier alpha value is -1.94. The van der Waals surface area contributed by atoms with Crippen molar-refractivity contribution < 1.29 is 80.2 Å². The van der Waals surface area contributed by atoms with Crippen molar-refractivity contribution in [1.82, 2.24) is 0 Å². The van der Waals surface area contributed by atoms with Crippen LogP contribution in [0.4, 0.5) is 0 Å². The van der Waals surface area contributed by atoms with E-state index in [1.807, 2.05) is 0 Å². The van der Waals surface area contributed by atoms with Gasteiger partial charge in [-0.2, -0.15) is 0 Å². The van der Waals surface area contributed by atoms with Gasteiger partial charge in [0.05, 0.1) is 26.4 Å². The summed E-state index contributed by atoms with van der Waals surface area (Å²) in [5.41, 5.74) is 0. The van der Waals surface area contributed by atoms with Gasteiger partial charge in [-0.1, -0.05) is 278 Å². The summed E-state index contributed by atoms with van der Waals surface area (Å²) in [5.74, 6) is -2.15. The lowest BCUT2D eigenvalue weighted by Crippen LogP contribution is -2.30. The van der Waals surface area contributed by atoms with Gasteiger partial charge in [-0.15, -0.1) is 0 Å². The molecule has 19 heteroatoms. The van der Waals surface area contributed by atoms with Gasteiger partial charge in [-0.25, -0.2) is 9.13 Å². The Morgan fingerprint density at radius 1 is 0.289 bits per heavy atom. The van der Waals surface area contributed by atoms with Crippen LogP contribution in [0.1, 0.15) is 329 Å². The Bertz CT molecular complexity index is 1600. The number of aliphatic hydroxyl groups excluding tert-OH is 1. The first-order valence-corrected chi connectivity index (χ1v) is 36.8. The molecular weight excluding hydrogens is 1100 g/mol. The fraction of sp³-hybridized carbons (Fsp3) is 0.938. The summed E-state index contributed by atoms with van der Waals surface area (Å²) < 4.78 is 67.6. The van der Waals surface area contributed by atoms with Gasteiger partial charge in [0, 0.05) is 25.7 Å². The van der Waals surface area contributed by atoms with Crippen molar-refractivity contribution in [3.05, 3.63) is 0 Å². The number of esters is 4. The zero-order valence-corrected chi connectivity index (χ0v) is 54.9. The third-order valence-corrected chi connectivity index (χ3v) is 16.8. The number of hydrogen-bond acceptors (Lipinski definition) is 15. The molecule has 17 nitrogen and oxygen atoms in total. The highest BCUT2D eigenvalue weighted by molar-refractivity contribution is 7.47. The minimum Gasteiger partial charge on any atom is -0.462 e. The first kappa shape index (κ1) is 81.1. The summed E-state index contributed by atoms with van der Waals surface area (Å²) in [6.07, 6.45) is 45.2. The van der Waals surface area contributed by atoms with E-state index in [4.69, 9.17) is 37.0 Å². The molecule has 0 saturated carbocycles. The number of aliphatic hydroxyl groups is 1. The maximum atomic E-state index is 13.0. The van der Waals surface area contributed by atoms with Gasteiger partial charge in [-0.3, -0.25) is 37.3 Å². The minimum absolute atomic E-state index is 0.104. The molecule has 83 heavy (non-hydrogen) atoms. The lowest BCUT2D eigenvalue weighted by Gasteiger charge is -2.21. The smallest absolute Gasteiger partial charge is 0.462 e. The highest BCUT2D eigenvalue weighted by atomic mass is 31.2. The van der Waals surface area contributed by atoms with E-state index in [-0.39, 0.29) is 25.7 Å². The maximum absolute atomic E-state index is 13.0. The van der Waals surface area contributed by atoms with Gasteiger partial charge in [-0.05, 0) is 25.7 Å². The second-order valence-corrected chi connectivity index (χ2v) is 26.1. The molecule has 0 amide bonds. The van der Waals surface area contributed by atoms with Crippen molar-refractivity contribution in [3.63, 3.8) is 0 Å². The number of phosphoric acid groups is 2. The molecule has 0 heterocycles. The van der Waals surface area contributed by atoms with Crippen LogP contribution < -0.4 is 0 Å².